The molecule has 21 heavy (non-hydrogen) atoms. The summed E-state index contributed by atoms with van der Waals surface area (Å²) >= 11 is 5.91. The van der Waals surface area contributed by atoms with Crippen LogP contribution in [0, 0.1) is 0 Å². The number of carbonyl (C=O) groups excluding carboxylic acids is 2. The molecule has 0 radical (unpaired) electrons. The summed E-state index contributed by atoms with van der Waals surface area (Å²) < 4.78 is 4.91. The number of halogens is 1. The highest BCUT2D eigenvalue weighted by atomic mass is 35.5. The quantitative estimate of drug-likeness (QED) is 0.672. The molecule has 2 aromatic rings. The Balaban J connectivity index is 1.92. The summed E-state index contributed by atoms with van der Waals surface area (Å²) in [6.07, 6.45) is 0. The van der Waals surface area contributed by atoms with E-state index in [1.165, 1.54) is 6.07 Å². The second-order valence-corrected chi connectivity index (χ2v) is 4.58. The molecule has 0 aliphatic heterocycles. The Labute approximate surface area is 126 Å². The number of rotatable bonds is 4. The molecule has 0 saturated heterocycles. The van der Waals surface area contributed by atoms with E-state index in [-0.39, 0.29) is 16.3 Å². The van der Waals surface area contributed by atoms with Crippen LogP contribution < -0.4 is 11.1 Å². The minimum Gasteiger partial charge on any atom is -0.452 e. The lowest BCUT2D eigenvalue weighted by molar-refractivity contribution is -0.119. The Morgan fingerprint density at radius 2 is 1.81 bits per heavy atom. The van der Waals surface area contributed by atoms with E-state index in [2.05, 4.69) is 5.32 Å². The van der Waals surface area contributed by atoms with Gasteiger partial charge in [-0.05, 0) is 24.3 Å². The smallest absolute Gasteiger partial charge is 0.340 e. The zero-order valence-corrected chi connectivity index (χ0v) is 11.8. The molecule has 2 rings (SSSR count). The molecule has 0 fully saturated rings. The number of hydrogen-bond acceptors (Lipinski definition) is 4. The van der Waals surface area contributed by atoms with Gasteiger partial charge in [0.05, 0.1) is 16.3 Å². The molecule has 1 amide bonds. The van der Waals surface area contributed by atoms with Gasteiger partial charge in [0.1, 0.15) is 0 Å². The van der Waals surface area contributed by atoms with Gasteiger partial charge in [-0.3, -0.25) is 4.79 Å². The number of benzene rings is 2. The SMILES string of the molecule is Nc1cccc(C(=O)OCC(=O)Nc2ccccc2)c1Cl. The van der Waals surface area contributed by atoms with Gasteiger partial charge in [-0.25, -0.2) is 4.79 Å². The second kappa shape index (κ2) is 6.76. The Kier molecular flexibility index (Phi) is 4.79. The first-order valence-corrected chi connectivity index (χ1v) is 6.51. The first-order valence-electron chi connectivity index (χ1n) is 6.14. The molecule has 0 spiro atoms. The number of para-hydroxylation sites is 1. The van der Waals surface area contributed by atoms with E-state index in [0.717, 1.165) is 0 Å². The Bertz CT molecular complexity index is 659. The summed E-state index contributed by atoms with van der Waals surface area (Å²) in [5.74, 6) is -1.13. The largest absolute Gasteiger partial charge is 0.452 e. The number of esters is 1. The van der Waals surface area contributed by atoms with Gasteiger partial charge in [-0.2, -0.15) is 0 Å². The standard InChI is InChI=1S/C15H13ClN2O3/c16-14-11(7-4-8-12(14)17)15(20)21-9-13(19)18-10-5-2-1-3-6-10/h1-8H,9,17H2,(H,18,19). The average Bonchev–Trinajstić information content (AvgIpc) is 2.48. The van der Waals surface area contributed by atoms with Crippen molar-refractivity contribution in [3.8, 4) is 0 Å². The fraction of sp³-hybridized carbons (Fsp3) is 0.0667. The lowest BCUT2D eigenvalue weighted by atomic mass is 10.2. The maximum Gasteiger partial charge on any atom is 0.340 e. The average molecular weight is 305 g/mol. The van der Waals surface area contributed by atoms with Crippen molar-refractivity contribution < 1.29 is 14.3 Å². The summed E-state index contributed by atoms with van der Waals surface area (Å²) in [6, 6.07) is 13.5. The van der Waals surface area contributed by atoms with Gasteiger partial charge in [-0.15, -0.1) is 0 Å². The van der Waals surface area contributed by atoms with Gasteiger partial charge in [0.15, 0.2) is 6.61 Å². The zero-order chi connectivity index (χ0) is 15.2. The number of nitrogens with two attached hydrogens (primary N) is 1. The molecule has 0 aliphatic rings. The van der Waals surface area contributed by atoms with Crippen LogP contribution in [0.2, 0.25) is 5.02 Å². The summed E-state index contributed by atoms with van der Waals surface area (Å²) in [4.78, 5) is 23.5. The van der Waals surface area contributed by atoms with Crippen molar-refractivity contribution in [2.45, 2.75) is 0 Å². The normalized spacial score (nSPS) is 9.95. The predicted octanol–water partition coefficient (Wildman–Crippen LogP) is 2.72. The molecule has 5 nitrogen and oxygen atoms in total. The highest BCUT2D eigenvalue weighted by Crippen LogP contribution is 2.23. The topological polar surface area (TPSA) is 81.4 Å². The summed E-state index contributed by atoms with van der Waals surface area (Å²) in [6.45, 7) is -0.404. The molecule has 0 bridgehead atoms. The summed E-state index contributed by atoms with van der Waals surface area (Å²) in [5.41, 5.74) is 6.63. The van der Waals surface area contributed by atoms with E-state index < -0.39 is 18.5 Å². The number of hydrogen-bond donors (Lipinski definition) is 2. The Morgan fingerprint density at radius 1 is 1.10 bits per heavy atom. The molecule has 0 atom stereocenters. The van der Waals surface area contributed by atoms with Gasteiger partial charge in [0.2, 0.25) is 0 Å². The van der Waals surface area contributed by atoms with Crippen molar-refractivity contribution in [2.24, 2.45) is 0 Å². The number of anilines is 2. The van der Waals surface area contributed by atoms with Crippen molar-refractivity contribution in [1.29, 1.82) is 0 Å². The molecule has 0 aliphatic carbocycles. The zero-order valence-electron chi connectivity index (χ0n) is 11.0. The van der Waals surface area contributed by atoms with Gasteiger partial charge in [0.25, 0.3) is 5.91 Å². The van der Waals surface area contributed by atoms with E-state index in [9.17, 15) is 9.59 Å². The molecule has 0 unspecified atom stereocenters. The van der Waals surface area contributed by atoms with Gasteiger partial charge in [0, 0.05) is 5.69 Å². The second-order valence-electron chi connectivity index (χ2n) is 4.20. The summed E-state index contributed by atoms with van der Waals surface area (Å²) in [7, 11) is 0. The first kappa shape index (κ1) is 14.9. The Hall–Kier alpha value is -2.53. The lowest BCUT2D eigenvalue weighted by Gasteiger charge is -2.08. The van der Waals surface area contributed by atoms with Crippen LogP contribution in [0.4, 0.5) is 11.4 Å². The van der Waals surface area contributed by atoms with Crippen LogP contribution in [-0.4, -0.2) is 18.5 Å². The minimum atomic E-state index is -0.699. The van der Waals surface area contributed by atoms with E-state index in [1.54, 1.807) is 36.4 Å². The fourth-order valence-corrected chi connectivity index (χ4v) is 1.84. The van der Waals surface area contributed by atoms with Gasteiger partial charge < -0.3 is 15.8 Å². The van der Waals surface area contributed by atoms with Crippen LogP contribution in [0.15, 0.2) is 48.5 Å². The molecule has 3 N–H and O–H groups in total. The maximum absolute atomic E-state index is 11.8. The van der Waals surface area contributed by atoms with Crippen molar-refractivity contribution in [3.05, 3.63) is 59.1 Å². The van der Waals surface area contributed by atoms with Crippen molar-refractivity contribution in [2.75, 3.05) is 17.7 Å². The number of ether oxygens (including phenoxy) is 1. The number of nitrogens with one attached hydrogen (secondary N) is 1. The molecule has 0 aromatic heterocycles. The van der Waals surface area contributed by atoms with Crippen molar-refractivity contribution >= 4 is 34.9 Å². The van der Waals surface area contributed by atoms with Crippen LogP contribution >= 0.6 is 11.6 Å². The summed E-state index contributed by atoms with van der Waals surface area (Å²) in [5, 5.41) is 2.72. The molecule has 0 heterocycles. The van der Waals surface area contributed by atoms with Crippen LogP contribution in [0.1, 0.15) is 10.4 Å². The van der Waals surface area contributed by atoms with Crippen LogP contribution in [0.25, 0.3) is 0 Å². The molecular weight excluding hydrogens is 292 g/mol. The lowest BCUT2D eigenvalue weighted by Crippen LogP contribution is -2.21. The van der Waals surface area contributed by atoms with E-state index in [4.69, 9.17) is 22.1 Å². The van der Waals surface area contributed by atoms with Gasteiger partial charge >= 0.3 is 5.97 Å². The van der Waals surface area contributed by atoms with Crippen LogP contribution in [-0.2, 0) is 9.53 Å². The number of amides is 1. The predicted molar refractivity (Wildman–Crippen MR) is 81.2 cm³/mol. The van der Waals surface area contributed by atoms with E-state index >= 15 is 0 Å². The van der Waals surface area contributed by atoms with Crippen molar-refractivity contribution in [3.63, 3.8) is 0 Å². The van der Waals surface area contributed by atoms with E-state index in [0.29, 0.717) is 5.69 Å². The number of carbonyl (C=O) groups is 2. The maximum atomic E-state index is 11.8. The molecule has 108 valence electrons. The third kappa shape index (κ3) is 3.97. The molecule has 2 aromatic carbocycles. The van der Waals surface area contributed by atoms with E-state index in [1.807, 2.05) is 6.07 Å². The third-order valence-electron chi connectivity index (χ3n) is 2.64. The third-order valence-corrected chi connectivity index (χ3v) is 3.06. The monoisotopic (exact) mass is 304 g/mol. The number of nitrogen functional groups attached to an aromatic ring is 1. The molecule has 6 heteroatoms. The van der Waals surface area contributed by atoms with Gasteiger partial charge in [-0.1, -0.05) is 35.9 Å². The van der Waals surface area contributed by atoms with Crippen molar-refractivity contribution in [1.82, 2.24) is 0 Å². The van der Waals surface area contributed by atoms with Crippen LogP contribution in [0.5, 0.6) is 0 Å². The fourth-order valence-electron chi connectivity index (χ4n) is 1.63. The molecule has 0 saturated carbocycles. The molecular formula is C15H13ClN2O3. The Morgan fingerprint density at radius 3 is 2.52 bits per heavy atom. The minimum absolute atomic E-state index is 0.117. The van der Waals surface area contributed by atoms with Crippen LogP contribution in [0.3, 0.4) is 0 Å². The first-order chi connectivity index (χ1) is 10.1. The highest BCUT2D eigenvalue weighted by Gasteiger charge is 2.15. The highest BCUT2D eigenvalue weighted by molar-refractivity contribution is 6.36.